The Hall–Kier alpha value is -3.53. The quantitative estimate of drug-likeness (QED) is 0.422. The van der Waals surface area contributed by atoms with E-state index >= 15 is 0 Å². The molecule has 0 bridgehead atoms. The minimum absolute atomic E-state index is 0.0594. The first-order valence-corrected chi connectivity index (χ1v) is 12.8. The second-order valence-electron chi connectivity index (χ2n) is 11.4. The van der Waals surface area contributed by atoms with E-state index in [1.165, 1.54) is 30.0 Å². The van der Waals surface area contributed by atoms with E-state index in [0.29, 0.717) is 16.7 Å². The summed E-state index contributed by atoms with van der Waals surface area (Å²) in [5.41, 5.74) is 13.2. The lowest BCUT2D eigenvalue weighted by Gasteiger charge is -2.36. The maximum Gasteiger partial charge on any atom is 0.246 e. The maximum absolute atomic E-state index is 13.7. The van der Waals surface area contributed by atoms with E-state index < -0.39 is 47.5 Å². The minimum Gasteiger partial charge on any atom is -0.508 e. The van der Waals surface area contributed by atoms with E-state index in [2.05, 4.69) is 0 Å². The van der Waals surface area contributed by atoms with Crippen molar-refractivity contribution in [1.82, 2.24) is 9.80 Å². The summed E-state index contributed by atoms with van der Waals surface area (Å²) in [4.78, 5) is 41.8. The number of amides is 3. The van der Waals surface area contributed by atoms with Gasteiger partial charge in [0.25, 0.3) is 0 Å². The molecule has 2 rings (SSSR count). The largest absolute Gasteiger partial charge is 0.508 e. The van der Waals surface area contributed by atoms with Gasteiger partial charge in [0.2, 0.25) is 17.7 Å². The third kappa shape index (κ3) is 7.75. The molecule has 2 aromatic carbocycles. The Morgan fingerprint density at radius 2 is 1.46 bits per heavy atom. The molecule has 214 valence electrons. The number of benzene rings is 2. The van der Waals surface area contributed by atoms with Crippen LogP contribution in [0.15, 0.2) is 36.4 Å². The number of phenolic OH excluding ortho intramolecular Hbond substituents is 1. The number of aromatic hydroxyl groups is 1. The third-order valence-electron chi connectivity index (χ3n) is 6.85. The molecule has 10 heteroatoms. The van der Waals surface area contributed by atoms with Crippen molar-refractivity contribution in [2.75, 3.05) is 14.1 Å². The van der Waals surface area contributed by atoms with Gasteiger partial charge in [0.05, 0.1) is 6.04 Å². The Labute approximate surface area is 229 Å². The monoisotopic (exact) mass is 546 g/mol. The van der Waals surface area contributed by atoms with Gasteiger partial charge in [0, 0.05) is 20.5 Å². The minimum atomic E-state index is -1.11. The molecule has 0 fully saturated rings. The number of nitrogens with two attached hydrogens (primary N) is 2. The lowest BCUT2D eigenvalue weighted by molar-refractivity contribution is -0.149. The van der Waals surface area contributed by atoms with Gasteiger partial charge in [0.15, 0.2) is 11.6 Å². The van der Waals surface area contributed by atoms with Crippen molar-refractivity contribution in [2.24, 2.45) is 17.4 Å². The van der Waals surface area contributed by atoms with E-state index in [9.17, 15) is 28.3 Å². The highest BCUT2D eigenvalue weighted by molar-refractivity contribution is 5.93. The van der Waals surface area contributed by atoms with Crippen molar-refractivity contribution in [3.8, 4) is 5.75 Å². The van der Waals surface area contributed by atoms with E-state index in [1.54, 1.807) is 32.0 Å². The normalized spacial score (nSPS) is 14.0. The van der Waals surface area contributed by atoms with Gasteiger partial charge in [-0.15, -0.1) is 0 Å². The summed E-state index contributed by atoms with van der Waals surface area (Å²) in [5, 5.41) is 10.3. The van der Waals surface area contributed by atoms with Gasteiger partial charge in [-0.2, -0.15) is 0 Å². The molecular weight excluding hydrogens is 506 g/mol. The molecule has 0 saturated carbocycles. The fourth-order valence-electron chi connectivity index (χ4n) is 4.63. The summed E-state index contributed by atoms with van der Waals surface area (Å²) < 4.78 is 26.9. The van der Waals surface area contributed by atoms with Gasteiger partial charge in [-0.3, -0.25) is 14.4 Å². The van der Waals surface area contributed by atoms with Gasteiger partial charge in [0.1, 0.15) is 17.8 Å². The lowest BCUT2D eigenvalue weighted by atomic mass is 9.84. The van der Waals surface area contributed by atoms with Crippen LogP contribution in [-0.2, 0) is 32.6 Å². The van der Waals surface area contributed by atoms with Crippen LogP contribution < -0.4 is 11.5 Å². The number of hydrogen-bond acceptors (Lipinski definition) is 5. The van der Waals surface area contributed by atoms with Crippen molar-refractivity contribution < 1.29 is 28.3 Å². The highest BCUT2D eigenvalue weighted by Gasteiger charge is 2.37. The number of likely N-dealkylation sites (N-methyl/N-ethyl adjacent to an activating group) is 2. The van der Waals surface area contributed by atoms with Gasteiger partial charge in [-0.1, -0.05) is 52.8 Å². The van der Waals surface area contributed by atoms with Crippen LogP contribution in [0.2, 0.25) is 0 Å². The molecule has 5 N–H and O–H groups in total. The molecule has 0 aliphatic rings. The molecule has 2 aromatic rings. The molecule has 0 aromatic heterocycles. The van der Waals surface area contributed by atoms with Gasteiger partial charge < -0.3 is 26.4 Å². The van der Waals surface area contributed by atoms with Crippen molar-refractivity contribution in [3.05, 3.63) is 64.7 Å². The van der Waals surface area contributed by atoms with Crippen molar-refractivity contribution >= 4 is 17.7 Å². The van der Waals surface area contributed by atoms with Crippen LogP contribution in [-0.4, -0.2) is 64.8 Å². The van der Waals surface area contributed by atoms with Crippen molar-refractivity contribution in [1.29, 1.82) is 0 Å². The summed E-state index contributed by atoms with van der Waals surface area (Å²) in [6, 6.07) is 5.20. The van der Waals surface area contributed by atoms with E-state index in [1.807, 2.05) is 20.8 Å². The Morgan fingerprint density at radius 1 is 0.897 bits per heavy atom. The number of hydrogen-bond donors (Lipinski definition) is 3. The molecular formula is C29H40F2N4O4. The first kappa shape index (κ1) is 31.7. The Balaban J connectivity index is 2.27. The molecule has 0 heterocycles. The average Bonchev–Trinajstić information content (AvgIpc) is 2.83. The number of rotatable bonds is 10. The van der Waals surface area contributed by atoms with Gasteiger partial charge in [-0.05, 0) is 52.6 Å². The Morgan fingerprint density at radius 3 is 1.97 bits per heavy atom. The van der Waals surface area contributed by atoms with E-state index in [-0.39, 0.29) is 29.9 Å². The number of primary amides is 1. The van der Waals surface area contributed by atoms with Gasteiger partial charge >= 0.3 is 0 Å². The van der Waals surface area contributed by atoms with Crippen LogP contribution >= 0.6 is 0 Å². The van der Waals surface area contributed by atoms with Crippen LogP contribution in [0.5, 0.6) is 5.75 Å². The standard InChI is InChI=1S/C29H40F2N4O4/c1-16(2)25(35(7)27(38)22(32)14-18-8-10-20(30)21(31)13-18)28(39)34(6)23(26(33)37)15-17-9-11-24(36)19(12-17)29(3,4)5/h8-13,16,22-23,25,36H,14-15,32H2,1-7H3,(H2,33,37)/t22-,23-,25-/m0/s1. The van der Waals surface area contributed by atoms with Gasteiger partial charge in [-0.25, -0.2) is 8.78 Å². The predicted molar refractivity (Wildman–Crippen MR) is 146 cm³/mol. The zero-order chi connectivity index (χ0) is 29.8. The summed E-state index contributed by atoms with van der Waals surface area (Å²) in [5.74, 6) is -4.05. The van der Waals surface area contributed by atoms with Crippen LogP contribution in [0.3, 0.4) is 0 Å². The number of nitrogens with zero attached hydrogens (tertiary/aromatic N) is 2. The van der Waals surface area contributed by atoms with E-state index in [4.69, 9.17) is 11.5 Å². The van der Waals surface area contributed by atoms with E-state index in [0.717, 1.165) is 12.1 Å². The summed E-state index contributed by atoms with van der Waals surface area (Å²) in [6.07, 6.45) is 0.0507. The third-order valence-corrected chi connectivity index (χ3v) is 6.85. The van der Waals surface area contributed by atoms with Crippen LogP contribution in [0.1, 0.15) is 51.3 Å². The van der Waals surface area contributed by atoms with Crippen molar-refractivity contribution in [3.63, 3.8) is 0 Å². The molecule has 3 atom stereocenters. The number of carbonyl (C=O) groups is 3. The predicted octanol–water partition coefficient (Wildman–Crippen LogP) is 2.88. The fourth-order valence-corrected chi connectivity index (χ4v) is 4.63. The topological polar surface area (TPSA) is 130 Å². The Kier molecular flexibility index (Phi) is 10.2. The highest BCUT2D eigenvalue weighted by Crippen LogP contribution is 2.31. The molecule has 39 heavy (non-hydrogen) atoms. The van der Waals surface area contributed by atoms with Crippen LogP contribution in [0.4, 0.5) is 8.78 Å². The highest BCUT2D eigenvalue weighted by atomic mass is 19.2. The molecule has 8 nitrogen and oxygen atoms in total. The SMILES string of the molecule is CC(C)[C@@H](C(=O)N(C)[C@@H](Cc1ccc(O)c(C(C)(C)C)c1)C(N)=O)N(C)C(=O)[C@@H](N)Cc1ccc(F)c(F)c1. The van der Waals surface area contributed by atoms with Crippen LogP contribution in [0, 0.1) is 17.6 Å². The summed E-state index contributed by atoms with van der Waals surface area (Å²) in [7, 11) is 2.90. The van der Waals surface area contributed by atoms with Crippen molar-refractivity contribution in [2.45, 2.75) is 71.0 Å². The number of carbonyl (C=O) groups excluding carboxylic acids is 3. The van der Waals surface area contributed by atoms with Crippen LogP contribution in [0.25, 0.3) is 0 Å². The first-order chi connectivity index (χ1) is 17.9. The maximum atomic E-state index is 13.7. The average molecular weight is 547 g/mol. The number of halogens is 2. The summed E-state index contributed by atoms with van der Waals surface area (Å²) in [6.45, 7) is 9.37. The molecule has 0 saturated heterocycles. The molecule has 0 spiro atoms. The fraction of sp³-hybridized carbons (Fsp3) is 0.483. The molecule has 0 radical (unpaired) electrons. The first-order valence-electron chi connectivity index (χ1n) is 12.8. The molecule has 0 aliphatic carbocycles. The second kappa shape index (κ2) is 12.5. The zero-order valence-electron chi connectivity index (χ0n) is 23.7. The number of phenols is 1. The smallest absolute Gasteiger partial charge is 0.246 e. The zero-order valence-corrected chi connectivity index (χ0v) is 23.7. The second-order valence-corrected chi connectivity index (χ2v) is 11.4. The summed E-state index contributed by atoms with van der Waals surface area (Å²) >= 11 is 0. The molecule has 0 aliphatic heterocycles. The molecule has 0 unspecified atom stereocenters. The Bertz CT molecular complexity index is 1210. The lowest BCUT2D eigenvalue weighted by Crippen LogP contribution is -2.58. The molecule has 3 amide bonds.